The molecule has 3 heterocycles. The minimum atomic E-state index is -1.16. The zero-order valence-corrected chi connectivity index (χ0v) is 13.4. The van der Waals surface area contributed by atoms with Crippen LogP contribution in [0.1, 0.15) is 13.2 Å². The second-order valence-electron chi connectivity index (χ2n) is 4.59. The highest BCUT2D eigenvalue weighted by molar-refractivity contribution is 7.09. The van der Waals surface area contributed by atoms with E-state index in [4.69, 9.17) is 15.7 Å². The minimum absolute atomic E-state index is 0. The number of ether oxygens (including phenoxy) is 1. The molecule has 3 rings (SSSR count). The van der Waals surface area contributed by atoms with E-state index in [1.807, 2.05) is 0 Å². The molecule has 5 atom stereocenters. The molecular formula is C10H17FN5O7P. The van der Waals surface area contributed by atoms with E-state index in [0.29, 0.717) is 0 Å². The van der Waals surface area contributed by atoms with E-state index in [2.05, 4.69) is 24.7 Å². The third kappa shape index (κ3) is 3.91. The van der Waals surface area contributed by atoms with Crippen LogP contribution in [-0.2, 0) is 14.4 Å². The molecule has 0 bridgehead atoms. The number of aliphatic hydroxyl groups is 2. The van der Waals surface area contributed by atoms with Crippen molar-refractivity contribution in [3.05, 3.63) is 12.4 Å². The zero-order valence-electron chi connectivity index (χ0n) is 12.3. The van der Waals surface area contributed by atoms with Crippen molar-refractivity contribution < 1.29 is 39.8 Å². The summed E-state index contributed by atoms with van der Waals surface area (Å²) in [5.41, 5.74) is 5.86. The first kappa shape index (κ1) is 20.5. The second-order valence-corrected chi connectivity index (χ2v) is 4.78. The van der Waals surface area contributed by atoms with Crippen LogP contribution in [-0.4, -0.2) is 58.8 Å². The van der Waals surface area contributed by atoms with Gasteiger partial charge in [0.1, 0.15) is 12.2 Å². The molecule has 0 saturated carbocycles. The number of nitrogens with two attached hydrogens (primary N) is 1. The number of rotatable bonds is 2. The van der Waals surface area contributed by atoms with Crippen LogP contribution < -0.4 is 5.73 Å². The van der Waals surface area contributed by atoms with E-state index in [9.17, 15) is 14.6 Å². The number of nitrogens with zero attached hydrogens (tertiary/aromatic N) is 4. The van der Waals surface area contributed by atoms with Crippen LogP contribution in [0.3, 0.4) is 0 Å². The highest BCUT2D eigenvalue weighted by Crippen LogP contribution is 2.31. The summed E-state index contributed by atoms with van der Waals surface area (Å²) in [6.07, 6.45) is -3.33. The lowest BCUT2D eigenvalue weighted by Crippen LogP contribution is -2.30. The summed E-state index contributed by atoms with van der Waals surface area (Å²) in [5.74, 6) is -0.0951. The van der Waals surface area contributed by atoms with Crippen molar-refractivity contribution in [2.75, 3.05) is 5.73 Å². The summed E-state index contributed by atoms with van der Waals surface area (Å²) in [4.78, 5) is 10.9. The van der Waals surface area contributed by atoms with Crippen molar-refractivity contribution >= 4 is 26.4 Å². The SMILES string of the molecule is C[C@H]1O[C@@H](n2cnc3c(N)nc(F)nc32)[C@H](O)C1O.O.OOOP. The molecule has 2 aromatic heterocycles. The van der Waals surface area contributed by atoms with Crippen LogP contribution >= 0.6 is 9.47 Å². The fraction of sp³-hybridized carbons (Fsp3) is 0.500. The predicted molar refractivity (Wildman–Crippen MR) is 79.4 cm³/mol. The third-order valence-corrected chi connectivity index (χ3v) is 3.30. The molecule has 0 spiro atoms. The Morgan fingerprint density at radius 2 is 2.00 bits per heavy atom. The smallest absolute Gasteiger partial charge is 0.312 e. The minimum Gasteiger partial charge on any atom is -0.412 e. The predicted octanol–water partition coefficient (Wildman–Crippen LogP) is -1.44. The Bertz CT molecular complexity index is 674. The first-order chi connectivity index (χ1) is 10.9. The van der Waals surface area contributed by atoms with Gasteiger partial charge in [0, 0.05) is 9.47 Å². The Labute approximate surface area is 136 Å². The largest absolute Gasteiger partial charge is 0.412 e. The normalized spacial score (nSPS) is 25.9. The number of hydrogen-bond donors (Lipinski definition) is 4. The van der Waals surface area contributed by atoms with Gasteiger partial charge in [-0.2, -0.15) is 19.0 Å². The Morgan fingerprint density at radius 3 is 2.50 bits per heavy atom. The third-order valence-electron chi connectivity index (χ3n) is 3.22. The van der Waals surface area contributed by atoms with Crippen LogP contribution in [0, 0.1) is 6.08 Å². The van der Waals surface area contributed by atoms with Crippen LogP contribution in [0.2, 0.25) is 0 Å². The number of imidazole rings is 1. The number of fused-ring (bicyclic) bond motifs is 1. The molecule has 0 radical (unpaired) electrons. The molecule has 0 aromatic carbocycles. The van der Waals surface area contributed by atoms with Gasteiger partial charge in [0.2, 0.25) is 0 Å². The van der Waals surface area contributed by atoms with Gasteiger partial charge >= 0.3 is 6.08 Å². The van der Waals surface area contributed by atoms with Crippen molar-refractivity contribution in [2.45, 2.75) is 31.5 Å². The van der Waals surface area contributed by atoms with Gasteiger partial charge in [0.15, 0.2) is 23.2 Å². The molecule has 24 heavy (non-hydrogen) atoms. The van der Waals surface area contributed by atoms with Gasteiger partial charge in [-0.25, -0.2) is 10.2 Å². The molecule has 7 N–H and O–H groups in total. The number of anilines is 1. The first-order valence-electron chi connectivity index (χ1n) is 6.24. The zero-order chi connectivity index (χ0) is 17.1. The molecule has 0 amide bonds. The van der Waals surface area contributed by atoms with E-state index in [0.717, 1.165) is 0 Å². The average Bonchev–Trinajstić information content (AvgIpc) is 3.04. The lowest BCUT2D eigenvalue weighted by atomic mass is 10.1. The Morgan fingerprint density at radius 1 is 1.38 bits per heavy atom. The Balaban J connectivity index is 0.000000522. The first-order valence-corrected chi connectivity index (χ1v) is 6.72. The lowest BCUT2D eigenvalue weighted by molar-refractivity contribution is -0.433. The molecule has 1 aliphatic rings. The quantitative estimate of drug-likeness (QED) is 0.211. The van der Waals surface area contributed by atoms with Gasteiger partial charge in [-0.1, -0.05) is 5.04 Å². The van der Waals surface area contributed by atoms with Gasteiger partial charge in [-0.15, -0.1) is 0 Å². The van der Waals surface area contributed by atoms with Crippen molar-refractivity contribution in [2.24, 2.45) is 0 Å². The lowest BCUT2D eigenvalue weighted by Gasteiger charge is -2.16. The number of aromatic nitrogens is 4. The van der Waals surface area contributed by atoms with Crippen LogP contribution in [0.4, 0.5) is 10.2 Å². The van der Waals surface area contributed by atoms with E-state index in [1.54, 1.807) is 16.4 Å². The Hall–Kier alpha value is -1.57. The summed E-state index contributed by atoms with van der Waals surface area (Å²) in [5, 5.41) is 29.7. The van der Waals surface area contributed by atoms with Crippen LogP contribution in [0.25, 0.3) is 11.2 Å². The highest BCUT2D eigenvalue weighted by Gasteiger charge is 2.42. The maximum atomic E-state index is 13.2. The monoisotopic (exact) mass is 369 g/mol. The highest BCUT2D eigenvalue weighted by atomic mass is 31.0. The summed E-state index contributed by atoms with van der Waals surface area (Å²) in [6.45, 7) is 1.62. The van der Waals surface area contributed by atoms with Gasteiger partial charge in [0.05, 0.1) is 12.4 Å². The maximum Gasteiger partial charge on any atom is 0.312 e. The van der Waals surface area contributed by atoms with Gasteiger partial charge in [0.25, 0.3) is 0 Å². The van der Waals surface area contributed by atoms with Crippen molar-refractivity contribution in [3.8, 4) is 0 Å². The van der Waals surface area contributed by atoms with Crippen molar-refractivity contribution in [1.82, 2.24) is 19.5 Å². The van der Waals surface area contributed by atoms with E-state index in [1.165, 1.54) is 10.9 Å². The van der Waals surface area contributed by atoms with Gasteiger partial charge in [-0.05, 0) is 6.92 Å². The molecule has 136 valence electrons. The van der Waals surface area contributed by atoms with Crippen LogP contribution in [0.5, 0.6) is 0 Å². The summed E-state index contributed by atoms with van der Waals surface area (Å²) < 4.78 is 23.5. The van der Waals surface area contributed by atoms with E-state index in [-0.39, 0.29) is 22.5 Å². The molecule has 2 unspecified atom stereocenters. The number of halogens is 1. The van der Waals surface area contributed by atoms with Crippen LogP contribution in [0.15, 0.2) is 6.33 Å². The van der Waals surface area contributed by atoms with Gasteiger partial charge < -0.3 is 26.2 Å². The fourth-order valence-corrected chi connectivity index (χ4v) is 2.15. The molecule has 1 fully saturated rings. The molecule has 1 aliphatic heterocycles. The number of nitrogen functional groups attached to an aromatic ring is 1. The maximum absolute atomic E-state index is 13.2. The van der Waals surface area contributed by atoms with Crippen molar-refractivity contribution in [3.63, 3.8) is 0 Å². The van der Waals surface area contributed by atoms with Gasteiger partial charge in [-0.3, -0.25) is 4.57 Å². The molecular weight excluding hydrogens is 352 g/mol. The standard InChI is InChI=1S/C10H12FN5O3.H3O3P.H2O/c1-3-5(17)6(18)9(19-3)16-2-13-4-7(12)14-10(11)15-8(4)16;1-2-3-4;/h2-3,5-6,9,17-18H,1H3,(H2,12,14,15);1H,4H2;1H2/t3-,5?,6-,9-;;/m1../s1. The van der Waals surface area contributed by atoms with E-state index >= 15 is 0 Å². The molecule has 2 aromatic rings. The Kier molecular flexibility index (Phi) is 7.26. The second kappa shape index (κ2) is 8.50. The number of hydrogen-bond acceptors (Lipinski definition) is 10. The fourth-order valence-electron chi connectivity index (χ4n) is 2.15. The summed E-state index contributed by atoms with van der Waals surface area (Å²) in [6, 6.07) is 0. The topological polar surface area (TPSA) is 189 Å². The molecule has 0 aliphatic carbocycles. The average molecular weight is 369 g/mol. The van der Waals surface area contributed by atoms with E-state index < -0.39 is 30.6 Å². The summed E-state index contributed by atoms with van der Waals surface area (Å²) in [7, 11) is 1.68. The molecule has 14 heteroatoms. The summed E-state index contributed by atoms with van der Waals surface area (Å²) >= 11 is 0. The molecule has 1 saturated heterocycles. The number of aliphatic hydroxyl groups excluding tert-OH is 2. The van der Waals surface area contributed by atoms with Crippen molar-refractivity contribution in [1.29, 1.82) is 0 Å². The molecule has 12 nitrogen and oxygen atoms in total.